The molecule has 0 aromatic rings. The van der Waals surface area contributed by atoms with Gasteiger partial charge >= 0.3 is 5.97 Å². The molecule has 6 heteroatoms. The number of carbonyl (C=O) groups excluding carboxylic acids is 2. The van der Waals surface area contributed by atoms with Gasteiger partial charge in [0.15, 0.2) is 0 Å². The van der Waals surface area contributed by atoms with Crippen LogP contribution in [0.4, 0.5) is 0 Å². The monoisotopic (exact) mass is 736 g/mol. The van der Waals surface area contributed by atoms with E-state index in [9.17, 15) is 19.8 Å². The molecule has 0 aromatic heterocycles. The number of allylic oxidation sites excluding steroid dienone is 2. The minimum atomic E-state index is -0.780. The molecular weight excluding hydrogens is 647 g/mol. The number of ether oxygens (including phenoxy) is 1. The van der Waals surface area contributed by atoms with E-state index < -0.39 is 18.2 Å². The summed E-state index contributed by atoms with van der Waals surface area (Å²) < 4.78 is 5.85. The first-order valence-corrected chi connectivity index (χ1v) is 22.9. The van der Waals surface area contributed by atoms with Gasteiger partial charge in [-0.25, -0.2) is 0 Å². The summed E-state index contributed by atoms with van der Waals surface area (Å²) in [5.74, 6) is -0.482. The molecule has 0 aliphatic carbocycles. The van der Waals surface area contributed by atoms with Crippen molar-refractivity contribution in [3.05, 3.63) is 12.2 Å². The van der Waals surface area contributed by atoms with Gasteiger partial charge in [0, 0.05) is 6.42 Å². The quantitative estimate of drug-likeness (QED) is 0.0330. The second-order valence-corrected chi connectivity index (χ2v) is 15.8. The van der Waals surface area contributed by atoms with Gasteiger partial charge < -0.3 is 20.3 Å². The van der Waals surface area contributed by atoms with E-state index in [1.54, 1.807) is 0 Å². The molecule has 0 bridgehead atoms. The summed E-state index contributed by atoms with van der Waals surface area (Å²) in [4.78, 5) is 25.8. The topological polar surface area (TPSA) is 95.9 Å². The molecule has 1 amide bonds. The van der Waals surface area contributed by atoms with Crippen LogP contribution in [0.5, 0.6) is 0 Å². The van der Waals surface area contributed by atoms with Crippen LogP contribution in [0, 0.1) is 0 Å². The first-order valence-electron chi connectivity index (χ1n) is 22.9. The lowest BCUT2D eigenvalue weighted by molar-refractivity contribution is -0.151. The number of unbranched alkanes of at least 4 members (excludes halogenated alkanes) is 27. The Balaban J connectivity index is 4.35. The Morgan fingerprint density at radius 2 is 0.962 bits per heavy atom. The molecule has 0 rings (SSSR count). The Labute approximate surface area is 323 Å². The Morgan fingerprint density at radius 3 is 1.44 bits per heavy atom. The first kappa shape index (κ1) is 50.6. The summed E-state index contributed by atoms with van der Waals surface area (Å²) in [6, 6.07) is -0.694. The van der Waals surface area contributed by atoms with Crippen molar-refractivity contribution in [2.24, 2.45) is 0 Å². The molecule has 0 radical (unpaired) electrons. The first-order chi connectivity index (χ1) is 25.5. The van der Waals surface area contributed by atoms with Crippen LogP contribution in [0.3, 0.4) is 0 Å². The van der Waals surface area contributed by atoms with Crippen LogP contribution in [-0.2, 0) is 14.3 Å². The number of hydrogen-bond donors (Lipinski definition) is 3. The summed E-state index contributed by atoms with van der Waals surface area (Å²) in [5, 5.41) is 23.6. The molecule has 0 saturated carbocycles. The summed E-state index contributed by atoms with van der Waals surface area (Å²) in [6.07, 6.45) is 42.9. The summed E-state index contributed by atoms with van der Waals surface area (Å²) in [7, 11) is 0. The predicted octanol–water partition coefficient (Wildman–Crippen LogP) is 13.0. The number of aliphatic hydroxyl groups excluding tert-OH is 2. The van der Waals surface area contributed by atoms with Gasteiger partial charge in [-0.2, -0.15) is 0 Å². The van der Waals surface area contributed by atoms with Crippen LogP contribution >= 0.6 is 0 Å². The van der Waals surface area contributed by atoms with Crippen molar-refractivity contribution in [2.75, 3.05) is 6.61 Å². The Kier molecular flexibility index (Phi) is 39.7. The van der Waals surface area contributed by atoms with E-state index in [0.717, 1.165) is 57.8 Å². The zero-order chi connectivity index (χ0) is 38.2. The van der Waals surface area contributed by atoms with E-state index in [-0.39, 0.29) is 24.9 Å². The maximum Gasteiger partial charge on any atom is 0.306 e. The number of nitrogens with one attached hydrogen (secondary N) is 1. The van der Waals surface area contributed by atoms with Crippen molar-refractivity contribution in [3.63, 3.8) is 0 Å². The molecule has 3 unspecified atom stereocenters. The van der Waals surface area contributed by atoms with E-state index in [1.807, 2.05) is 0 Å². The molecule has 0 aliphatic heterocycles. The molecule has 6 nitrogen and oxygen atoms in total. The molecule has 52 heavy (non-hydrogen) atoms. The van der Waals surface area contributed by atoms with Gasteiger partial charge in [-0.05, 0) is 44.9 Å². The fourth-order valence-electron chi connectivity index (χ4n) is 7.08. The van der Waals surface area contributed by atoms with E-state index >= 15 is 0 Å². The minimum absolute atomic E-state index is 0.0788. The highest BCUT2D eigenvalue weighted by Crippen LogP contribution is 2.18. The van der Waals surface area contributed by atoms with Crippen LogP contribution in [0.1, 0.15) is 245 Å². The molecule has 0 saturated heterocycles. The average molecular weight is 736 g/mol. The van der Waals surface area contributed by atoms with Crippen LogP contribution < -0.4 is 5.32 Å². The Bertz CT molecular complexity index is 787. The molecule has 0 aliphatic rings. The maximum atomic E-state index is 13.1. The third kappa shape index (κ3) is 35.6. The third-order valence-electron chi connectivity index (χ3n) is 10.6. The molecule has 3 N–H and O–H groups in total. The van der Waals surface area contributed by atoms with Crippen LogP contribution in [0.2, 0.25) is 0 Å². The van der Waals surface area contributed by atoms with Crippen LogP contribution in [-0.4, -0.2) is 46.9 Å². The summed E-state index contributed by atoms with van der Waals surface area (Å²) in [5.41, 5.74) is 0. The fraction of sp³-hybridized carbons (Fsp3) is 0.913. The van der Waals surface area contributed by atoms with Crippen molar-refractivity contribution in [1.82, 2.24) is 5.32 Å². The number of hydrogen-bond acceptors (Lipinski definition) is 5. The molecule has 0 aromatic carbocycles. The van der Waals surface area contributed by atoms with Gasteiger partial charge in [0.05, 0.1) is 25.2 Å². The molecule has 308 valence electrons. The number of rotatable bonds is 41. The highest BCUT2D eigenvalue weighted by atomic mass is 16.5. The molecule has 0 fully saturated rings. The van der Waals surface area contributed by atoms with Gasteiger partial charge in [0.25, 0.3) is 0 Å². The number of amides is 1. The molecule has 0 heterocycles. The van der Waals surface area contributed by atoms with E-state index in [4.69, 9.17) is 4.74 Å². The summed E-state index contributed by atoms with van der Waals surface area (Å²) >= 11 is 0. The number of carbonyl (C=O) groups is 2. The van der Waals surface area contributed by atoms with Crippen LogP contribution in [0.15, 0.2) is 12.2 Å². The standard InChI is InChI=1S/C46H89NO5/c1-4-7-10-13-16-18-20-21-22-23-24-25-26-29-32-35-38-44(49)43(41-48)47-45(50)40-42(37-34-31-28-15-12-9-6-3)52-46(51)39-36-33-30-27-19-17-14-11-8-5-2/h11,14,42-44,48-49H,4-10,12-13,15-41H2,1-3H3,(H,47,50)/b14-11-. The molecule has 3 atom stereocenters. The largest absolute Gasteiger partial charge is 0.462 e. The minimum Gasteiger partial charge on any atom is -0.462 e. The van der Waals surface area contributed by atoms with Crippen molar-refractivity contribution < 1.29 is 24.5 Å². The highest BCUT2D eigenvalue weighted by Gasteiger charge is 2.24. The van der Waals surface area contributed by atoms with Gasteiger partial charge in [0.1, 0.15) is 6.10 Å². The lowest BCUT2D eigenvalue weighted by atomic mass is 10.0. The SMILES string of the molecule is CCC/C=C\CCCCCCCC(=O)OC(CCCCCCCCC)CC(=O)NC(CO)C(O)CCCCCCCCCCCCCCCCCC. The van der Waals surface area contributed by atoms with E-state index in [2.05, 4.69) is 38.2 Å². The predicted molar refractivity (Wildman–Crippen MR) is 223 cm³/mol. The van der Waals surface area contributed by atoms with Crippen molar-refractivity contribution in [3.8, 4) is 0 Å². The summed E-state index contributed by atoms with van der Waals surface area (Å²) in [6.45, 7) is 6.39. The normalized spacial score (nSPS) is 13.4. The maximum absolute atomic E-state index is 13.1. The number of esters is 1. The lowest BCUT2D eigenvalue weighted by Gasteiger charge is -2.24. The smallest absolute Gasteiger partial charge is 0.306 e. The van der Waals surface area contributed by atoms with Gasteiger partial charge in [-0.1, -0.05) is 200 Å². The van der Waals surface area contributed by atoms with Crippen LogP contribution in [0.25, 0.3) is 0 Å². The highest BCUT2D eigenvalue weighted by molar-refractivity contribution is 5.77. The molecule has 0 spiro atoms. The van der Waals surface area contributed by atoms with Crippen molar-refractivity contribution in [2.45, 2.75) is 264 Å². The van der Waals surface area contributed by atoms with E-state index in [0.29, 0.717) is 19.3 Å². The van der Waals surface area contributed by atoms with E-state index in [1.165, 1.54) is 141 Å². The third-order valence-corrected chi connectivity index (χ3v) is 10.6. The Hall–Kier alpha value is -1.40. The average Bonchev–Trinajstić information content (AvgIpc) is 3.13. The second-order valence-electron chi connectivity index (χ2n) is 15.8. The zero-order valence-corrected chi connectivity index (χ0v) is 35.0. The number of aliphatic hydroxyl groups is 2. The van der Waals surface area contributed by atoms with Gasteiger partial charge in [-0.15, -0.1) is 0 Å². The molecular formula is C46H89NO5. The Morgan fingerprint density at radius 1 is 0.538 bits per heavy atom. The lowest BCUT2D eigenvalue weighted by Crippen LogP contribution is -2.46. The zero-order valence-electron chi connectivity index (χ0n) is 35.0. The van der Waals surface area contributed by atoms with Crippen molar-refractivity contribution >= 4 is 11.9 Å². The van der Waals surface area contributed by atoms with Gasteiger partial charge in [0.2, 0.25) is 5.91 Å². The van der Waals surface area contributed by atoms with Gasteiger partial charge in [-0.3, -0.25) is 9.59 Å². The van der Waals surface area contributed by atoms with Crippen molar-refractivity contribution in [1.29, 1.82) is 0 Å². The fourth-order valence-corrected chi connectivity index (χ4v) is 7.08. The second kappa shape index (κ2) is 40.8.